The van der Waals surface area contributed by atoms with Crippen molar-refractivity contribution in [3.05, 3.63) is 77.3 Å². The summed E-state index contributed by atoms with van der Waals surface area (Å²) in [6, 6.07) is 18.0. The molecule has 3 rings (SSSR count). The van der Waals surface area contributed by atoms with Gasteiger partial charge in [0.1, 0.15) is 0 Å². The predicted octanol–water partition coefficient (Wildman–Crippen LogP) is 4.35. The number of carbonyl (C=O) groups excluding carboxylic acids is 1. The van der Waals surface area contributed by atoms with Crippen LogP contribution >= 0.6 is 11.8 Å². The molecule has 0 saturated heterocycles. The van der Waals surface area contributed by atoms with Gasteiger partial charge in [-0.3, -0.25) is 4.79 Å². The Kier molecular flexibility index (Phi) is 3.93. The van der Waals surface area contributed by atoms with E-state index in [1.165, 1.54) is 4.90 Å². The zero-order chi connectivity index (χ0) is 14.7. The first-order valence-electron chi connectivity index (χ1n) is 6.73. The number of benzene rings is 2. The van der Waals surface area contributed by atoms with Crippen LogP contribution in [0, 0.1) is 0 Å². The number of allylic oxidation sites excluding steroid dienone is 2. The van der Waals surface area contributed by atoms with Crippen LogP contribution < -0.4 is 4.90 Å². The van der Waals surface area contributed by atoms with Gasteiger partial charge in [0, 0.05) is 18.0 Å². The predicted molar refractivity (Wildman–Crippen MR) is 89.3 cm³/mol. The topological polar surface area (TPSA) is 20.3 Å². The molecule has 1 aliphatic heterocycles. The molecule has 2 nitrogen and oxygen atoms in total. The molecule has 0 amide bonds. The smallest absolute Gasteiger partial charge is 0.181 e. The van der Waals surface area contributed by atoms with Gasteiger partial charge in [-0.2, -0.15) is 0 Å². The van der Waals surface area contributed by atoms with E-state index in [9.17, 15) is 4.79 Å². The minimum atomic E-state index is 0.000934. The van der Waals surface area contributed by atoms with E-state index in [0.29, 0.717) is 0 Å². The van der Waals surface area contributed by atoms with E-state index >= 15 is 0 Å². The van der Waals surface area contributed by atoms with Gasteiger partial charge in [-0.25, -0.2) is 0 Å². The van der Waals surface area contributed by atoms with Crippen LogP contribution in [0.25, 0.3) is 6.08 Å². The van der Waals surface area contributed by atoms with Crippen LogP contribution in [-0.2, 0) is 4.79 Å². The lowest BCUT2D eigenvalue weighted by molar-refractivity contribution is -0.110. The summed E-state index contributed by atoms with van der Waals surface area (Å²) in [4.78, 5) is 15.3. The number of anilines is 1. The normalized spacial score (nSPS) is 15.7. The fourth-order valence-corrected chi connectivity index (χ4v) is 3.25. The van der Waals surface area contributed by atoms with E-state index in [4.69, 9.17) is 0 Å². The monoisotopic (exact) mass is 293 g/mol. The first kappa shape index (κ1) is 13.7. The van der Waals surface area contributed by atoms with Crippen molar-refractivity contribution in [1.82, 2.24) is 0 Å². The highest BCUT2D eigenvalue weighted by Crippen LogP contribution is 2.44. The van der Waals surface area contributed by atoms with Crippen molar-refractivity contribution in [3.8, 4) is 0 Å². The van der Waals surface area contributed by atoms with Crippen LogP contribution in [0.1, 0.15) is 5.56 Å². The second-order valence-corrected chi connectivity index (χ2v) is 5.82. The lowest BCUT2D eigenvalue weighted by atomic mass is 10.2. The Hall–Kier alpha value is -2.26. The lowest BCUT2D eigenvalue weighted by Gasteiger charge is -2.12. The maximum Gasteiger partial charge on any atom is 0.181 e. The maximum atomic E-state index is 12.1. The van der Waals surface area contributed by atoms with Gasteiger partial charge in [0.05, 0.1) is 10.7 Å². The lowest BCUT2D eigenvalue weighted by Crippen LogP contribution is -2.10. The minimum absolute atomic E-state index is 0.000934. The van der Waals surface area contributed by atoms with E-state index in [1.807, 2.05) is 60.5 Å². The van der Waals surface area contributed by atoms with E-state index in [-0.39, 0.29) is 5.78 Å². The number of para-hydroxylation sites is 1. The Labute approximate surface area is 128 Å². The molecule has 0 N–H and O–H groups in total. The third kappa shape index (κ3) is 3.09. The average Bonchev–Trinajstić information content (AvgIpc) is 2.83. The SMILES string of the molecule is CN1/C(=C/C(=O)/C=C\c2ccccc2)Sc2ccccc21. The molecule has 0 bridgehead atoms. The molecule has 0 spiro atoms. The van der Waals surface area contributed by atoms with Gasteiger partial charge >= 0.3 is 0 Å². The summed E-state index contributed by atoms with van der Waals surface area (Å²) in [5.74, 6) is 0.000934. The average molecular weight is 293 g/mol. The Morgan fingerprint density at radius 1 is 1.05 bits per heavy atom. The van der Waals surface area contributed by atoms with Crippen molar-refractivity contribution >= 4 is 29.3 Å². The number of hydrogen-bond donors (Lipinski definition) is 0. The van der Waals surface area contributed by atoms with Gasteiger partial charge in [-0.1, -0.05) is 60.3 Å². The van der Waals surface area contributed by atoms with Gasteiger partial charge in [0.25, 0.3) is 0 Å². The number of ketones is 1. The van der Waals surface area contributed by atoms with Crippen molar-refractivity contribution in [3.63, 3.8) is 0 Å². The molecule has 3 heteroatoms. The summed E-state index contributed by atoms with van der Waals surface area (Å²) in [5.41, 5.74) is 2.17. The third-order valence-electron chi connectivity index (χ3n) is 3.28. The molecule has 104 valence electrons. The summed E-state index contributed by atoms with van der Waals surface area (Å²) < 4.78 is 0. The zero-order valence-corrected chi connectivity index (χ0v) is 12.5. The van der Waals surface area contributed by atoms with Crippen molar-refractivity contribution in [2.45, 2.75) is 4.90 Å². The van der Waals surface area contributed by atoms with E-state index in [1.54, 1.807) is 23.9 Å². The highest BCUT2D eigenvalue weighted by molar-refractivity contribution is 8.03. The number of rotatable bonds is 3. The summed E-state index contributed by atoms with van der Waals surface area (Å²) in [6.45, 7) is 0. The summed E-state index contributed by atoms with van der Waals surface area (Å²) in [6.07, 6.45) is 5.13. The number of carbonyl (C=O) groups is 1. The van der Waals surface area contributed by atoms with Crippen molar-refractivity contribution in [2.75, 3.05) is 11.9 Å². The van der Waals surface area contributed by atoms with Crippen LogP contribution in [-0.4, -0.2) is 12.8 Å². The first-order chi connectivity index (χ1) is 10.2. The molecular formula is C18H15NOS. The minimum Gasteiger partial charge on any atom is -0.338 e. The number of nitrogens with zero attached hydrogens (tertiary/aromatic N) is 1. The van der Waals surface area contributed by atoms with Crippen LogP contribution in [0.2, 0.25) is 0 Å². The third-order valence-corrected chi connectivity index (χ3v) is 4.44. The summed E-state index contributed by atoms with van der Waals surface area (Å²) >= 11 is 1.63. The Morgan fingerprint density at radius 2 is 1.76 bits per heavy atom. The molecule has 0 radical (unpaired) electrons. The molecule has 1 heterocycles. The van der Waals surface area contributed by atoms with E-state index in [2.05, 4.69) is 12.1 Å². The van der Waals surface area contributed by atoms with Gasteiger partial charge in [-0.05, 0) is 23.8 Å². The molecule has 0 aliphatic carbocycles. The van der Waals surface area contributed by atoms with Crippen LogP contribution in [0.3, 0.4) is 0 Å². The van der Waals surface area contributed by atoms with Crippen LogP contribution in [0.15, 0.2) is 76.7 Å². The van der Waals surface area contributed by atoms with Crippen molar-refractivity contribution in [2.24, 2.45) is 0 Å². The molecule has 0 atom stereocenters. The fourth-order valence-electron chi connectivity index (χ4n) is 2.16. The molecule has 0 saturated carbocycles. The summed E-state index contributed by atoms with van der Waals surface area (Å²) in [5, 5.41) is 0.957. The van der Waals surface area contributed by atoms with Crippen molar-refractivity contribution < 1.29 is 4.79 Å². The molecule has 2 aromatic rings. The van der Waals surface area contributed by atoms with E-state index in [0.717, 1.165) is 16.3 Å². The molecule has 2 aromatic carbocycles. The molecular weight excluding hydrogens is 278 g/mol. The molecule has 21 heavy (non-hydrogen) atoms. The standard InChI is InChI=1S/C18H15NOS/c1-19-16-9-5-6-10-17(16)21-18(19)13-15(20)12-11-14-7-3-2-4-8-14/h2-13H,1H3/b12-11-,18-13-. The Balaban J connectivity index is 1.75. The number of fused-ring (bicyclic) bond motifs is 1. The van der Waals surface area contributed by atoms with E-state index < -0.39 is 0 Å². The van der Waals surface area contributed by atoms with Gasteiger partial charge in [0.15, 0.2) is 5.78 Å². The first-order valence-corrected chi connectivity index (χ1v) is 7.55. The highest BCUT2D eigenvalue weighted by atomic mass is 32.2. The Bertz CT molecular complexity index is 719. The number of thioether (sulfide) groups is 1. The fraction of sp³-hybridized carbons (Fsp3) is 0.0556. The van der Waals surface area contributed by atoms with Crippen LogP contribution in [0.5, 0.6) is 0 Å². The molecule has 0 unspecified atom stereocenters. The largest absolute Gasteiger partial charge is 0.338 e. The second-order valence-electron chi connectivity index (χ2n) is 4.76. The number of hydrogen-bond acceptors (Lipinski definition) is 3. The summed E-state index contributed by atoms with van der Waals surface area (Å²) in [7, 11) is 1.98. The molecule has 0 aromatic heterocycles. The maximum absolute atomic E-state index is 12.1. The highest BCUT2D eigenvalue weighted by Gasteiger charge is 2.21. The quantitative estimate of drug-likeness (QED) is 0.785. The zero-order valence-electron chi connectivity index (χ0n) is 11.7. The molecule has 0 fully saturated rings. The molecule has 1 aliphatic rings. The Morgan fingerprint density at radius 3 is 2.52 bits per heavy atom. The van der Waals surface area contributed by atoms with Gasteiger partial charge in [-0.15, -0.1) is 0 Å². The van der Waals surface area contributed by atoms with Crippen molar-refractivity contribution in [1.29, 1.82) is 0 Å². The van der Waals surface area contributed by atoms with Crippen LogP contribution in [0.4, 0.5) is 5.69 Å². The second kappa shape index (κ2) is 6.02. The van der Waals surface area contributed by atoms with Gasteiger partial charge < -0.3 is 4.90 Å². The van der Waals surface area contributed by atoms with Gasteiger partial charge in [0.2, 0.25) is 0 Å².